The highest BCUT2D eigenvalue weighted by Crippen LogP contribution is 2.52. The van der Waals surface area contributed by atoms with E-state index in [-0.39, 0.29) is 32.5 Å². The maximum absolute atomic E-state index is 6.86. The van der Waals surface area contributed by atoms with E-state index in [4.69, 9.17) is 4.42 Å². The van der Waals surface area contributed by atoms with Crippen molar-refractivity contribution >= 4 is 50.4 Å². The van der Waals surface area contributed by atoms with Gasteiger partial charge in [-0.1, -0.05) is 132 Å². The molecule has 0 saturated carbocycles. The van der Waals surface area contributed by atoms with Crippen molar-refractivity contribution in [3.63, 3.8) is 0 Å². The number of rotatable bonds is 6. The van der Waals surface area contributed by atoms with Gasteiger partial charge in [-0.25, -0.2) is 0 Å². The zero-order valence-electron chi connectivity index (χ0n) is 41.0. The molecule has 3 heteroatoms. The number of fused-ring (bicyclic) bond motifs is 6. The molecule has 3 nitrogen and oxygen atoms in total. The first kappa shape index (κ1) is 42.7. The molecule has 0 spiro atoms. The van der Waals surface area contributed by atoms with Gasteiger partial charge in [-0.2, -0.15) is 0 Å². The van der Waals surface area contributed by atoms with Gasteiger partial charge in [-0.05, 0) is 183 Å². The van der Waals surface area contributed by atoms with Crippen molar-refractivity contribution in [2.75, 3.05) is 10.2 Å². The van der Waals surface area contributed by atoms with Crippen LogP contribution >= 0.6 is 0 Å². The van der Waals surface area contributed by atoms with Crippen molar-refractivity contribution < 1.29 is 4.42 Å². The Morgan fingerprint density at radius 2 is 0.922 bits per heavy atom. The minimum atomic E-state index is 0.0797. The zero-order valence-corrected chi connectivity index (χ0v) is 41.0. The first-order valence-corrected chi connectivity index (χ1v) is 24.1. The second-order valence-corrected chi connectivity index (χ2v) is 24.0. The lowest BCUT2D eigenvalue weighted by Gasteiger charge is -2.43. The number of nitrogens with one attached hydrogen (secondary N) is 1. The molecular weight excluding hydrogens is 777 g/mol. The Balaban J connectivity index is 1.18. The molecule has 64 heavy (non-hydrogen) atoms. The zero-order chi connectivity index (χ0) is 45.4. The molecule has 10 rings (SSSR count). The Morgan fingerprint density at radius 3 is 1.47 bits per heavy atom. The van der Waals surface area contributed by atoms with Gasteiger partial charge in [0, 0.05) is 39.1 Å². The molecule has 0 saturated heterocycles. The van der Waals surface area contributed by atoms with Crippen LogP contribution in [0, 0.1) is 6.92 Å². The van der Waals surface area contributed by atoms with Crippen LogP contribution in [0.3, 0.4) is 0 Å². The maximum Gasteiger partial charge on any atom is 0.159 e. The molecule has 0 unspecified atom stereocenters. The molecule has 3 aliphatic carbocycles. The van der Waals surface area contributed by atoms with Crippen LogP contribution in [0.5, 0.6) is 0 Å². The van der Waals surface area contributed by atoms with E-state index < -0.39 is 0 Å². The number of hydrogen-bond donors (Lipinski definition) is 1. The molecular formula is C61H70N2O. The van der Waals surface area contributed by atoms with E-state index in [9.17, 15) is 0 Å². The van der Waals surface area contributed by atoms with Crippen LogP contribution in [-0.4, -0.2) is 0 Å². The van der Waals surface area contributed by atoms with Crippen LogP contribution in [0.2, 0.25) is 0 Å². The van der Waals surface area contributed by atoms with Gasteiger partial charge in [-0.3, -0.25) is 0 Å². The average Bonchev–Trinajstić information content (AvgIpc) is 3.63. The number of nitrogens with zero attached hydrogens (tertiary/aromatic N) is 1. The molecule has 0 amide bonds. The minimum Gasteiger partial charge on any atom is -0.454 e. The summed E-state index contributed by atoms with van der Waals surface area (Å²) in [5.74, 6) is 0. The topological polar surface area (TPSA) is 28.4 Å². The Bertz CT molecular complexity index is 2920. The van der Waals surface area contributed by atoms with Gasteiger partial charge in [0.1, 0.15) is 5.58 Å². The molecule has 1 heterocycles. The third-order valence-corrected chi connectivity index (χ3v) is 16.5. The fraction of sp³-hybridized carbons (Fsp3) is 0.410. The summed E-state index contributed by atoms with van der Waals surface area (Å²) in [6, 6.07) is 42.0. The third-order valence-electron chi connectivity index (χ3n) is 16.5. The van der Waals surface area contributed by atoms with E-state index in [0.29, 0.717) is 0 Å². The Kier molecular flexibility index (Phi) is 9.57. The fourth-order valence-electron chi connectivity index (χ4n) is 11.9. The number of hydrogen-bond acceptors (Lipinski definition) is 3. The largest absolute Gasteiger partial charge is 0.454 e. The third kappa shape index (κ3) is 6.99. The number of anilines is 5. The lowest BCUT2D eigenvalue weighted by atomic mass is 9.63. The average molecular weight is 847 g/mol. The summed E-state index contributed by atoms with van der Waals surface area (Å²) in [6.07, 6.45) is 7.10. The number of furan rings is 1. The summed E-state index contributed by atoms with van der Waals surface area (Å²) in [4.78, 5) is 2.55. The smallest absolute Gasteiger partial charge is 0.159 e. The summed E-state index contributed by atoms with van der Waals surface area (Å²) in [5, 5.41) is 6.27. The SMILES string of the molecule is Cc1cc(-c2ccc3c(oc4ccccc43)c2Nc2ccc3c(c2)C(C)(C)CCC3(C)C)cc(N(c2ccc3c(c2)C(C)(C)CCC3(C)C)c2ccc3c(c2)C(C)(C)CCC3(C)C)c1. The van der Waals surface area contributed by atoms with E-state index in [1.807, 2.05) is 0 Å². The van der Waals surface area contributed by atoms with Crippen molar-refractivity contribution in [2.24, 2.45) is 0 Å². The highest BCUT2D eigenvalue weighted by molar-refractivity contribution is 6.12. The number of aryl methyl sites for hydroxylation is 1. The highest BCUT2D eigenvalue weighted by Gasteiger charge is 2.40. The maximum atomic E-state index is 6.86. The van der Waals surface area contributed by atoms with Crippen molar-refractivity contribution in [1.29, 1.82) is 0 Å². The van der Waals surface area contributed by atoms with Crippen molar-refractivity contribution in [2.45, 2.75) is 161 Å². The van der Waals surface area contributed by atoms with Crippen molar-refractivity contribution in [3.8, 4) is 11.1 Å². The Hall–Kier alpha value is -5.28. The van der Waals surface area contributed by atoms with E-state index in [1.165, 1.54) is 88.8 Å². The van der Waals surface area contributed by atoms with Crippen molar-refractivity contribution in [1.82, 2.24) is 0 Å². The van der Waals surface area contributed by atoms with Gasteiger partial charge in [0.25, 0.3) is 0 Å². The summed E-state index contributed by atoms with van der Waals surface area (Å²) in [5.41, 5.74) is 20.4. The quantitative estimate of drug-likeness (QED) is 0.181. The van der Waals surface area contributed by atoms with Crippen LogP contribution in [-0.2, 0) is 32.5 Å². The molecule has 3 aliphatic rings. The second kappa shape index (κ2) is 14.4. The predicted molar refractivity (Wildman–Crippen MR) is 274 cm³/mol. The summed E-state index contributed by atoms with van der Waals surface area (Å²) >= 11 is 0. The van der Waals surface area contributed by atoms with Crippen LogP contribution in [0.4, 0.5) is 28.4 Å². The molecule has 0 bridgehead atoms. The molecule has 1 aromatic heterocycles. The lowest BCUT2D eigenvalue weighted by molar-refractivity contribution is 0.332. The first-order valence-electron chi connectivity index (χ1n) is 24.1. The number of benzene rings is 6. The summed E-state index contributed by atoms with van der Waals surface area (Å²) in [6.45, 7) is 31.3. The summed E-state index contributed by atoms with van der Waals surface area (Å²) < 4.78 is 6.86. The van der Waals surface area contributed by atoms with E-state index >= 15 is 0 Å². The van der Waals surface area contributed by atoms with Crippen LogP contribution < -0.4 is 10.2 Å². The minimum absolute atomic E-state index is 0.0797. The van der Waals surface area contributed by atoms with E-state index in [0.717, 1.165) is 50.1 Å². The van der Waals surface area contributed by atoms with E-state index in [2.05, 4.69) is 209 Å². The Morgan fingerprint density at radius 1 is 0.438 bits per heavy atom. The predicted octanol–water partition coefficient (Wildman–Crippen LogP) is 17.8. The monoisotopic (exact) mass is 847 g/mol. The normalized spacial score (nSPS) is 19.7. The molecule has 1 N–H and O–H groups in total. The molecule has 0 fully saturated rings. The van der Waals surface area contributed by atoms with Crippen LogP contribution in [0.1, 0.15) is 161 Å². The molecule has 0 radical (unpaired) electrons. The number of para-hydroxylation sites is 1. The molecule has 6 aromatic carbocycles. The highest BCUT2D eigenvalue weighted by atomic mass is 16.3. The van der Waals surface area contributed by atoms with Gasteiger partial charge in [0.05, 0.1) is 5.69 Å². The van der Waals surface area contributed by atoms with Gasteiger partial charge < -0.3 is 14.6 Å². The molecule has 0 aliphatic heterocycles. The van der Waals surface area contributed by atoms with Gasteiger partial charge in [-0.15, -0.1) is 0 Å². The van der Waals surface area contributed by atoms with Gasteiger partial charge >= 0.3 is 0 Å². The molecule has 0 atom stereocenters. The first-order chi connectivity index (χ1) is 30.0. The van der Waals surface area contributed by atoms with Gasteiger partial charge in [0.15, 0.2) is 5.58 Å². The molecule has 7 aromatic rings. The second-order valence-electron chi connectivity index (χ2n) is 24.0. The van der Waals surface area contributed by atoms with Gasteiger partial charge in [0.2, 0.25) is 0 Å². The van der Waals surface area contributed by atoms with Crippen LogP contribution in [0.15, 0.2) is 114 Å². The Labute approximate surface area is 383 Å². The lowest BCUT2D eigenvalue weighted by Crippen LogP contribution is -2.34. The summed E-state index contributed by atoms with van der Waals surface area (Å²) in [7, 11) is 0. The van der Waals surface area contributed by atoms with Crippen LogP contribution in [0.25, 0.3) is 33.1 Å². The fourth-order valence-corrected chi connectivity index (χ4v) is 11.9. The standard InChI is InChI=1S/C61H70N2O/c1-38-32-39(44-21-22-46-45-16-14-15-17-53(45)64-55(46)54(44)62-40-18-23-47-50(35-40)59(8,9)29-26-56(47,2)3)34-43(33-38)63(41-19-24-48-51(36-41)60(10,11)30-27-57(48,4)5)42-20-25-49-52(37-42)61(12,13)31-28-58(49,6)7/h14-25,32-37,62H,26-31H2,1-13H3. The van der Waals surface area contributed by atoms with Crippen molar-refractivity contribution in [3.05, 3.63) is 148 Å². The molecule has 330 valence electrons. The van der Waals surface area contributed by atoms with E-state index in [1.54, 1.807) is 0 Å².